The van der Waals surface area contributed by atoms with Crippen LogP contribution in [0.25, 0.3) is 11.3 Å². The highest BCUT2D eigenvalue weighted by molar-refractivity contribution is 7.99. The second-order valence-corrected chi connectivity index (χ2v) is 11.0. The minimum Gasteiger partial charge on any atom is -0.496 e. The first-order chi connectivity index (χ1) is 14.9. The third-order valence-corrected chi connectivity index (χ3v) is 8.44. The predicted molar refractivity (Wildman–Crippen MR) is 124 cm³/mol. The lowest BCUT2D eigenvalue weighted by atomic mass is 10.1. The second-order valence-electron chi connectivity index (χ2n) is 6.96. The number of anilines is 1. The molecule has 8 nitrogen and oxygen atoms in total. The van der Waals surface area contributed by atoms with Gasteiger partial charge in [0.25, 0.3) is 5.91 Å². The Morgan fingerprint density at radius 2 is 2.03 bits per heavy atom. The Kier molecular flexibility index (Phi) is 6.37. The predicted octanol–water partition coefficient (Wildman–Crippen LogP) is 3.45. The lowest BCUT2D eigenvalue weighted by Gasteiger charge is -2.24. The van der Waals surface area contributed by atoms with Gasteiger partial charge in [0.2, 0.25) is 10.0 Å². The van der Waals surface area contributed by atoms with Crippen molar-refractivity contribution in [1.82, 2.24) is 14.3 Å². The van der Waals surface area contributed by atoms with Gasteiger partial charge in [-0.2, -0.15) is 16.1 Å². The van der Waals surface area contributed by atoms with Crippen LogP contribution in [0.4, 0.5) is 5.13 Å². The van der Waals surface area contributed by atoms with Crippen LogP contribution in [0.1, 0.15) is 16.1 Å². The molecule has 164 valence electrons. The molecule has 0 bridgehead atoms. The van der Waals surface area contributed by atoms with Gasteiger partial charge in [0.05, 0.1) is 12.8 Å². The summed E-state index contributed by atoms with van der Waals surface area (Å²) in [5.74, 6) is 1.79. The molecule has 0 saturated carbocycles. The van der Waals surface area contributed by atoms with Crippen LogP contribution in [-0.2, 0) is 10.0 Å². The Bertz CT molecular complexity index is 1200. The van der Waals surface area contributed by atoms with Crippen molar-refractivity contribution in [2.45, 2.75) is 11.8 Å². The number of carbonyl (C=O) groups is 1. The van der Waals surface area contributed by atoms with Crippen LogP contribution in [0.3, 0.4) is 0 Å². The highest BCUT2D eigenvalue weighted by Crippen LogP contribution is 2.33. The third kappa shape index (κ3) is 4.64. The maximum absolute atomic E-state index is 12.8. The van der Waals surface area contributed by atoms with Crippen LogP contribution >= 0.6 is 23.1 Å². The number of rotatable bonds is 6. The summed E-state index contributed by atoms with van der Waals surface area (Å²) in [5.41, 5.74) is 2.77. The number of benzene rings is 1. The molecule has 1 aliphatic heterocycles. The van der Waals surface area contributed by atoms with E-state index in [0.29, 0.717) is 29.7 Å². The molecule has 1 aliphatic rings. The van der Waals surface area contributed by atoms with Crippen LogP contribution in [0.2, 0.25) is 0 Å². The van der Waals surface area contributed by atoms with Crippen molar-refractivity contribution in [1.29, 1.82) is 0 Å². The van der Waals surface area contributed by atoms with E-state index >= 15 is 0 Å². The lowest BCUT2D eigenvalue weighted by molar-refractivity contribution is 0.102. The zero-order valence-electron chi connectivity index (χ0n) is 17.0. The Morgan fingerprint density at radius 1 is 1.26 bits per heavy atom. The van der Waals surface area contributed by atoms with Gasteiger partial charge in [-0.15, -0.1) is 11.3 Å². The van der Waals surface area contributed by atoms with Gasteiger partial charge in [-0.25, -0.2) is 13.4 Å². The monoisotopic (exact) mass is 478 g/mol. The van der Waals surface area contributed by atoms with E-state index in [0.717, 1.165) is 22.6 Å². The Balaban J connectivity index is 1.50. The van der Waals surface area contributed by atoms with E-state index < -0.39 is 15.9 Å². The van der Waals surface area contributed by atoms with Crippen molar-refractivity contribution < 1.29 is 17.9 Å². The number of thiazole rings is 1. The quantitative estimate of drug-likeness (QED) is 0.562. The number of amides is 1. The average Bonchev–Trinajstić information content (AvgIpc) is 3.45. The van der Waals surface area contributed by atoms with Gasteiger partial charge in [0.15, 0.2) is 5.13 Å². The second kappa shape index (κ2) is 9.03. The number of nitrogens with one attached hydrogen (secondary N) is 2. The average molecular weight is 479 g/mol. The molecule has 3 heterocycles. The summed E-state index contributed by atoms with van der Waals surface area (Å²) in [7, 11) is -2.01. The molecular weight excluding hydrogens is 456 g/mol. The zero-order valence-corrected chi connectivity index (χ0v) is 19.5. The van der Waals surface area contributed by atoms with E-state index in [4.69, 9.17) is 4.74 Å². The summed E-state index contributed by atoms with van der Waals surface area (Å²) < 4.78 is 32.4. The number of H-pyrrole nitrogens is 1. The number of ether oxygens (including phenoxy) is 1. The Morgan fingerprint density at radius 3 is 2.77 bits per heavy atom. The van der Waals surface area contributed by atoms with Gasteiger partial charge >= 0.3 is 0 Å². The van der Waals surface area contributed by atoms with Crippen molar-refractivity contribution >= 4 is 44.2 Å². The third-order valence-electron chi connectivity index (χ3n) is 4.86. The molecule has 1 amide bonds. The molecule has 0 aliphatic carbocycles. The van der Waals surface area contributed by atoms with Gasteiger partial charge < -0.3 is 9.72 Å². The SMILES string of the molecule is COc1ccc(C)cc1-c1csc(NC(=O)c2cc(S(=O)(=O)N3CCSCC3)c[nH]2)n1. The molecule has 4 rings (SSSR count). The van der Waals surface area contributed by atoms with Crippen LogP contribution < -0.4 is 10.1 Å². The van der Waals surface area contributed by atoms with E-state index in [9.17, 15) is 13.2 Å². The standard InChI is InChI=1S/C20H22N4O4S3/c1-13-3-4-18(28-2)15(9-13)17-12-30-20(22-17)23-19(25)16-10-14(11-21-16)31(26,27)24-5-7-29-8-6-24/h3-4,9-12,21H,5-8H2,1-2H3,(H,22,23,25). The molecule has 0 atom stereocenters. The molecule has 31 heavy (non-hydrogen) atoms. The van der Waals surface area contributed by atoms with Gasteiger partial charge in [-0.3, -0.25) is 10.1 Å². The Labute approximate surface area is 189 Å². The first kappa shape index (κ1) is 21.9. The zero-order chi connectivity index (χ0) is 22.0. The van der Waals surface area contributed by atoms with Crippen molar-refractivity contribution in [3.8, 4) is 17.0 Å². The number of methoxy groups -OCH3 is 1. The highest BCUT2D eigenvalue weighted by Gasteiger charge is 2.28. The van der Waals surface area contributed by atoms with Crippen LogP contribution in [-0.4, -0.2) is 60.3 Å². The van der Waals surface area contributed by atoms with Crippen LogP contribution in [0, 0.1) is 6.92 Å². The molecule has 2 N–H and O–H groups in total. The molecule has 11 heteroatoms. The normalized spacial score (nSPS) is 15.0. The molecule has 1 saturated heterocycles. The number of aromatic amines is 1. The number of hydrogen-bond acceptors (Lipinski definition) is 7. The largest absolute Gasteiger partial charge is 0.496 e. The molecule has 1 aromatic carbocycles. The smallest absolute Gasteiger partial charge is 0.273 e. The van der Waals surface area contributed by atoms with E-state index in [1.54, 1.807) is 18.9 Å². The van der Waals surface area contributed by atoms with Crippen LogP contribution in [0.15, 0.2) is 40.7 Å². The van der Waals surface area contributed by atoms with E-state index in [1.807, 2.05) is 30.5 Å². The maximum atomic E-state index is 12.8. The minimum atomic E-state index is -3.61. The van der Waals surface area contributed by atoms with Gasteiger partial charge in [0, 0.05) is 41.7 Å². The summed E-state index contributed by atoms with van der Waals surface area (Å²) in [5, 5.41) is 4.98. The Hall–Kier alpha value is -2.34. The molecule has 0 spiro atoms. The van der Waals surface area contributed by atoms with Crippen molar-refractivity contribution in [2.24, 2.45) is 0 Å². The number of aromatic nitrogens is 2. The van der Waals surface area contributed by atoms with E-state index in [1.165, 1.54) is 27.9 Å². The molecule has 2 aromatic heterocycles. The van der Waals surface area contributed by atoms with E-state index in [-0.39, 0.29) is 10.6 Å². The van der Waals surface area contributed by atoms with E-state index in [2.05, 4.69) is 15.3 Å². The number of thioether (sulfide) groups is 1. The number of hydrogen-bond donors (Lipinski definition) is 2. The van der Waals surface area contributed by atoms with Gasteiger partial charge in [-0.1, -0.05) is 11.6 Å². The fourth-order valence-corrected chi connectivity index (χ4v) is 6.51. The molecular formula is C20H22N4O4S3. The molecule has 3 aromatic rings. The first-order valence-electron chi connectivity index (χ1n) is 9.56. The number of carbonyl (C=O) groups excluding carboxylic acids is 1. The van der Waals surface area contributed by atoms with Crippen LogP contribution in [0.5, 0.6) is 5.75 Å². The van der Waals surface area contributed by atoms with Crippen molar-refractivity contribution in [3.63, 3.8) is 0 Å². The van der Waals surface area contributed by atoms with Gasteiger partial charge in [0.1, 0.15) is 16.3 Å². The van der Waals surface area contributed by atoms with Crippen molar-refractivity contribution in [2.75, 3.05) is 37.0 Å². The van der Waals surface area contributed by atoms with Crippen molar-refractivity contribution in [3.05, 3.63) is 47.1 Å². The summed E-state index contributed by atoms with van der Waals surface area (Å²) in [6, 6.07) is 7.17. The summed E-state index contributed by atoms with van der Waals surface area (Å²) in [4.78, 5) is 20.0. The maximum Gasteiger partial charge on any atom is 0.273 e. The fraction of sp³-hybridized carbons (Fsp3) is 0.300. The number of aryl methyl sites for hydroxylation is 1. The summed E-state index contributed by atoms with van der Waals surface area (Å²) in [6.07, 6.45) is 1.36. The number of sulfonamides is 1. The molecule has 0 radical (unpaired) electrons. The summed E-state index contributed by atoms with van der Waals surface area (Å²) >= 11 is 3.02. The molecule has 1 fully saturated rings. The fourth-order valence-electron chi connectivity index (χ4n) is 3.23. The first-order valence-corrected chi connectivity index (χ1v) is 13.0. The lowest BCUT2D eigenvalue weighted by Crippen LogP contribution is -2.37. The topological polar surface area (TPSA) is 104 Å². The van der Waals surface area contributed by atoms with Gasteiger partial charge in [-0.05, 0) is 25.1 Å². The minimum absolute atomic E-state index is 0.0916. The molecule has 0 unspecified atom stereocenters. The summed E-state index contributed by atoms with van der Waals surface area (Å²) in [6.45, 7) is 2.94. The highest BCUT2D eigenvalue weighted by atomic mass is 32.2. The number of nitrogens with zero attached hydrogens (tertiary/aromatic N) is 2.